The average Bonchev–Trinajstić information content (AvgIpc) is 2.31. The van der Waals surface area contributed by atoms with Crippen LogP contribution in [0.1, 0.15) is 31.4 Å². The van der Waals surface area contributed by atoms with Crippen LogP contribution in [0.5, 0.6) is 0 Å². The molecule has 2 atom stereocenters. The second-order valence-electron chi connectivity index (χ2n) is 4.39. The van der Waals surface area contributed by atoms with E-state index in [2.05, 4.69) is 4.74 Å². The molecule has 0 heterocycles. The third-order valence-electron chi connectivity index (χ3n) is 2.76. The minimum atomic E-state index is -0.639. The van der Waals surface area contributed by atoms with Gasteiger partial charge in [0, 0.05) is 18.0 Å². The maximum absolute atomic E-state index is 13.5. The van der Waals surface area contributed by atoms with Gasteiger partial charge in [0.25, 0.3) is 0 Å². The summed E-state index contributed by atoms with van der Waals surface area (Å²) in [6, 6.07) is 2.55. The van der Waals surface area contributed by atoms with Crippen molar-refractivity contribution in [3.63, 3.8) is 0 Å². The Morgan fingerprint density at radius 1 is 1.44 bits per heavy atom. The number of carbonyl (C=O) groups is 1. The number of esters is 1. The first-order chi connectivity index (χ1) is 8.43. The highest BCUT2D eigenvalue weighted by molar-refractivity contribution is 5.69. The summed E-state index contributed by atoms with van der Waals surface area (Å²) in [4.78, 5) is 11.1. The van der Waals surface area contributed by atoms with Gasteiger partial charge in [-0.05, 0) is 30.5 Å². The summed E-state index contributed by atoms with van der Waals surface area (Å²) in [7, 11) is 1.31. The molecule has 0 fully saturated rings. The molecule has 1 rings (SSSR count). The number of carbonyl (C=O) groups excluding carboxylic acids is 1. The first-order valence-electron chi connectivity index (χ1n) is 5.71. The Labute approximate surface area is 105 Å². The van der Waals surface area contributed by atoms with Gasteiger partial charge in [0.1, 0.15) is 11.6 Å². The molecular weight excluding hydrogens is 240 g/mol. The van der Waals surface area contributed by atoms with E-state index in [4.69, 9.17) is 5.73 Å². The number of halogens is 2. The van der Waals surface area contributed by atoms with Crippen LogP contribution in [0.4, 0.5) is 8.78 Å². The molecule has 0 aromatic heterocycles. The van der Waals surface area contributed by atoms with Crippen LogP contribution in [-0.4, -0.2) is 13.1 Å². The van der Waals surface area contributed by atoms with Crippen molar-refractivity contribution in [2.75, 3.05) is 7.11 Å². The summed E-state index contributed by atoms with van der Waals surface area (Å²) < 4.78 is 31.0. The zero-order valence-electron chi connectivity index (χ0n) is 10.5. The standard InChI is InChI=1S/C13H17F2NO2/c1-8(6-13(17)18-2)5-12(16)10-7-9(14)3-4-11(10)15/h3-4,7-8,12H,5-6,16H2,1-2H3. The topological polar surface area (TPSA) is 52.3 Å². The highest BCUT2D eigenvalue weighted by Crippen LogP contribution is 2.24. The number of hydrogen-bond acceptors (Lipinski definition) is 3. The molecule has 2 N–H and O–H groups in total. The van der Waals surface area contributed by atoms with Gasteiger partial charge in [-0.3, -0.25) is 4.79 Å². The van der Waals surface area contributed by atoms with E-state index in [1.807, 2.05) is 6.92 Å². The Morgan fingerprint density at radius 2 is 2.11 bits per heavy atom. The molecule has 5 heteroatoms. The summed E-state index contributed by atoms with van der Waals surface area (Å²) in [6.45, 7) is 1.81. The Hall–Kier alpha value is -1.49. The Morgan fingerprint density at radius 3 is 2.72 bits per heavy atom. The fourth-order valence-corrected chi connectivity index (χ4v) is 1.81. The molecule has 0 aliphatic carbocycles. The number of hydrogen-bond donors (Lipinski definition) is 1. The van der Waals surface area contributed by atoms with Gasteiger partial charge in [-0.25, -0.2) is 8.78 Å². The molecule has 100 valence electrons. The predicted octanol–water partition coefficient (Wildman–Crippen LogP) is 2.55. The summed E-state index contributed by atoms with van der Waals surface area (Å²) in [5, 5.41) is 0. The van der Waals surface area contributed by atoms with E-state index in [-0.39, 0.29) is 23.9 Å². The maximum Gasteiger partial charge on any atom is 0.305 e. The van der Waals surface area contributed by atoms with Crippen LogP contribution in [0.25, 0.3) is 0 Å². The smallest absolute Gasteiger partial charge is 0.305 e. The monoisotopic (exact) mass is 257 g/mol. The molecular formula is C13H17F2NO2. The van der Waals surface area contributed by atoms with Gasteiger partial charge in [0.15, 0.2) is 0 Å². The van der Waals surface area contributed by atoms with Crippen LogP contribution in [-0.2, 0) is 9.53 Å². The van der Waals surface area contributed by atoms with Crippen molar-refractivity contribution >= 4 is 5.97 Å². The molecule has 0 aliphatic heterocycles. The van der Waals surface area contributed by atoms with E-state index < -0.39 is 17.7 Å². The van der Waals surface area contributed by atoms with E-state index in [0.717, 1.165) is 18.2 Å². The molecule has 1 aromatic rings. The first kappa shape index (κ1) is 14.6. The Kier molecular flexibility index (Phi) is 5.22. The number of ether oxygens (including phenoxy) is 1. The second-order valence-corrected chi connectivity index (χ2v) is 4.39. The molecule has 0 bridgehead atoms. The minimum Gasteiger partial charge on any atom is -0.469 e. The van der Waals surface area contributed by atoms with Gasteiger partial charge in [-0.1, -0.05) is 6.92 Å². The van der Waals surface area contributed by atoms with Crippen molar-refractivity contribution in [1.82, 2.24) is 0 Å². The van der Waals surface area contributed by atoms with Crippen molar-refractivity contribution in [1.29, 1.82) is 0 Å². The number of nitrogens with two attached hydrogens (primary N) is 1. The zero-order chi connectivity index (χ0) is 13.7. The number of benzene rings is 1. The lowest BCUT2D eigenvalue weighted by molar-refractivity contribution is -0.141. The highest BCUT2D eigenvalue weighted by Gasteiger charge is 2.17. The number of methoxy groups -OCH3 is 1. The minimum absolute atomic E-state index is 0.0601. The third kappa shape index (κ3) is 4.07. The molecule has 0 amide bonds. The van der Waals surface area contributed by atoms with E-state index in [1.165, 1.54) is 7.11 Å². The van der Waals surface area contributed by atoms with Gasteiger partial charge in [0.2, 0.25) is 0 Å². The van der Waals surface area contributed by atoms with Crippen LogP contribution in [0.15, 0.2) is 18.2 Å². The van der Waals surface area contributed by atoms with Gasteiger partial charge in [0.05, 0.1) is 7.11 Å². The summed E-state index contributed by atoms with van der Waals surface area (Å²) in [5.41, 5.74) is 5.96. The first-order valence-corrected chi connectivity index (χ1v) is 5.71. The van der Waals surface area contributed by atoms with Gasteiger partial charge < -0.3 is 10.5 Å². The van der Waals surface area contributed by atoms with Gasteiger partial charge >= 0.3 is 5.97 Å². The van der Waals surface area contributed by atoms with Crippen molar-refractivity contribution < 1.29 is 18.3 Å². The van der Waals surface area contributed by atoms with Crippen LogP contribution in [0.2, 0.25) is 0 Å². The maximum atomic E-state index is 13.5. The molecule has 0 spiro atoms. The Bertz CT molecular complexity index is 423. The summed E-state index contributed by atoms with van der Waals surface area (Å²) in [5.74, 6) is -1.46. The molecule has 2 unspecified atom stereocenters. The summed E-state index contributed by atoms with van der Waals surface area (Å²) in [6.07, 6.45) is 0.594. The van der Waals surface area contributed by atoms with Crippen molar-refractivity contribution in [3.05, 3.63) is 35.4 Å². The SMILES string of the molecule is COC(=O)CC(C)CC(N)c1cc(F)ccc1F. The van der Waals surface area contributed by atoms with Crippen molar-refractivity contribution in [3.8, 4) is 0 Å². The van der Waals surface area contributed by atoms with E-state index >= 15 is 0 Å². The molecule has 0 saturated carbocycles. The lowest BCUT2D eigenvalue weighted by atomic mass is 9.94. The zero-order valence-corrected chi connectivity index (χ0v) is 10.5. The van der Waals surface area contributed by atoms with Crippen molar-refractivity contribution in [2.45, 2.75) is 25.8 Å². The molecule has 18 heavy (non-hydrogen) atoms. The van der Waals surface area contributed by atoms with Gasteiger partial charge in [-0.15, -0.1) is 0 Å². The van der Waals surface area contributed by atoms with E-state index in [9.17, 15) is 13.6 Å². The fourth-order valence-electron chi connectivity index (χ4n) is 1.81. The quantitative estimate of drug-likeness (QED) is 0.825. The highest BCUT2D eigenvalue weighted by atomic mass is 19.1. The molecule has 0 saturated heterocycles. The van der Waals surface area contributed by atoms with E-state index in [0.29, 0.717) is 6.42 Å². The molecule has 0 aliphatic rings. The fraction of sp³-hybridized carbons (Fsp3) is 0.462. The Balaban J connectivity index is 2.67. The molecule has 3 nitrogen and oxygen atoms in total. The molecule has 0 radical (unpaired) electrons. The number of rotatable bonds is 5. The average molecular weight is 257 g/mol. The lowest BCUT2D eigenvalue weighted by Gasteiger charge is -2.17. The van der Waals surface area contributed by atoms with Crippen molar-refractivity contribution in [2.24, 2.45) is 11.7 Å². The largest absolute Gasteiger partial charge is 0.469 e. The predicted molar refractivity (Wildman–Crippen MR) is 63.7 cm³/mol. The lowest BCUT2D eigenvalue weighted by Crippen LogP contribution is -2.18. The van der Waals surface area contributed by atoms with Crippen LogP contribution in [0, 0.1) is 17.6 Å². The van der Waals surface area contributed by atoms with Crippen LogP contribution >= 0.6 is 0 Å². The normalized spacial score (nSPS) is 14.1. The van der Waals surface area contributed by atoms with E-state index in [1.54, 1.807) is 0 Å². The molecule has 1 aromatic carbocycles. The third-order valence-corrected chi connectivity index (χ3v) is 2.76. The second kappa shape index (κ2) is 6.44. The summed E-state index contributed by atoms with van der Waals surface area (Å²) >= 11 is 0. The van der Waals surface area contributed by atoms with Crippen LogP contribution in [0.3, 0.4) is 0 Å². The van der Waals surface area contributed by atoms with Gasteiger partial charge in [-0.2, -0.15) is 0 Å². The van der Waals surface area contributed by atoms with Crippen LogP contribution < -0.4 is 5.73 Å².